The monoisotopic (exact) mass is 172 g/mol. The van der Waals surface area contributed by atoms with Crippen LogP contribution in [0.2, 0.25) is 0 Å². The third kappa shape index (κ3) is 12.9. The van der Waals surface area contributed by atoms with Gasteiger partial charge in [0.15, 0.2) is 0 Å². The van der Waals surface area contributed by atoms with Gasteiger partial charge in [0.2, 0.25) is 0 Å². The lowest BCUT2D eigenvalue weighted by molar-refractivity contribution is 1.09. The van der Waals surface area contributed by atoms with Gasteiger partial charge in [-0.2, -0.15) is 0 Å². The number of allylic oxidation sites excluding steroid dienone is 2. The Balaban J connectivity index is 0. The van der Waals surface area contributed by atoms with Crippen LogP contribution in [0.3, 0.4) is 0 Å². The molecule has 0 aliphatic rings. The fourth-order valence-electron chi connectivity index (χ4n) is 0.463. The summed E-state index contributed by atoms with van der Waals surface area (Å²) in [4.78, 5) is 1.39. The van der Waals surface area contributed by atoms with Crippen LogP contribution >= 0.6 is 11.8 Å². The first kappa shape index (κ1) is 13.4. The van der Waals surface area contributed by atoms with Gasteiger partial charge >= 0.3 is 0 Å². The smallest absolute Gasteiger partial charge is 0.0154 e. The zero-order valence-electron chi connectivity index (χ0n) is 8.18. The quantitative estimate of drug-likeness (QED) is 0.600. The van der Waals surface area contributed by atoms with Gasteiger partial charge < -0.3 is 0 Å². The lowest BCUT2D eigenvalue weighted by Crippen LogP contribution is -1.65. The SMILES string of the molecule is C=CS/C(=C\C)CC.CCC. The van der Waals surface area contributed by atoms with Crippen molar-refractivity contribution in [3.05, 3.63) is 23.0 Å². The van der Waals surface area contributed by atoms with Crippen molar-refractivity contribution >= 4 is 11.8 Å². The highest BCUT2D eigenvalue weighted by molar-refractivity contribution is 8.05. The highest BCUT2D eigenvalue weighted by Gasteiger charge is 1.85. The highest BCUT2D eigenvalue weighted by Crippen LogP contribution is 2.18. The molecule has 0 amide bonds. The van der Waals surface area contributed by atoms with E-state index in [1.165, 1.54) is 11.3 Å². The standard InChI is InChI=1S/C7H12S.C3H8/c1-4-7(5-2)8-6-3;1-3-2/h4,6H,3,5H2,1-2H3;3H2,1-2H3/b7-4-;. The van der Waals surface area contributed by atoms with Crippen LogP contribution < -0.4 is 0 Å². The summed E-state index contributed by atoms with van der Waals surface area (Å²) in [6.45, 7) is 12.1. The van der Waals surface area contributed by atoms with Gasteiger partial charge in [-0.25, -0.2) is 0 Å². The molecule has 66 valence electrons. The van der Waals surface area contributed by atoms with E-state index in [1.54, 1.807) is 11.8 Å². The Bertz CT molecular complexity index is 103. The predicted molar refractivity (Wildman–Crippen MR) is 57.8 cm³/mol. The Morgan fingerprint density at radius 3 is 1.91 bits per heavy atom. The summed E-state index contributed by atoms with van der Waals surface area (Å²) in [6.07, 6.45) is 4.49. The van der Waals surface area contributed by atoms with Crippen molar-refractivity contribution in [1.29, 1.82) is 0 Å². The molecule has 0 aliphatic heterocycles. The molecule has 0 aromatic carbocycles. The predicted octanol–water partition coefficient (Wildman–Crippen LogP) is 4.59. The van der Waals surface area contributed by atoms with E-state index in [0.29, 0.717) is 0 Å². The van der Waals surface area contributed by atoms with Gasteiger partial charge in [-0.05, 0) is 23.7 Å². The molecular weight excluding hydrogens is 152 g/mol. The largest absolute Gasteiger partial charge is 0.104 e. The van der Waals surface area contributed by atoms with Crippen LogP contribution in [-0.2, 0) is 0 Å². The number of rotatable bonds is 3. The van der Waals surface area contributed by atoms with Crippen molar-refractivity contribution in [3.8, 4) is 0 Å². The second-order valence-electron chi connectivity index (χ2n) is 2.10. The minimum atomic E-state index is 1.12. The summed E-state index contributed by atoms with van der Waals surface area (Å²) >= 11 is 1.70. The lowest BCUT2D eigenvalue weighted by Gasteiger charge is -1.94. The number of hydrogen-bond acceptors (Lipinski definition) is 1. The number of thioether (sulfide) groups is 1. The molecule has 0 aliphatic carbocycles. The van der Waals surface area contributed by atoms with Crippen LogP contribution in [0.15, 0.2) is 23.0 Å². The van der Waals surface area contributed by atoms with Crippen molar-refractivity contribution in [2.24, 2.45) is 0 Å². The molecule has 0 saturated heterocycles. The number of hydrogen-bond donors (Lipinski definition) is 0. The van der Waals surface area contributed by atoms with Crippen molar-refractivity contribution < 1.29 is 0 Å². The molecule has 0 saturated carbocycles. The Morgan fingerprint density at radius 1 is 1.36 bits per heavy atom. The summed E-state index contributed by atoms with van der Waals surface area (Å²) in [6, 6.07) is 0. The van der Waals surface area contributed by atoms with Gasteiger partial charge in [0.1, 0.15) is 0 Å². The molecule has 0 atom stereocenters. The van der Waals surface area contributed by atoms with Gasteiger partial charge in [0, 0.05) is 0 Å². The van der Waals surface area contributed by atoms with E-state index in [4.69, 9.17) is 0 Å². The molecule has 0 aromatic heterocycles. The summed E-state index contributed by atoms with van der Waals surface area (Å²) in [5.74, 6) is 0. The van der Waals surface area contributed by atoms with Crippen molar-refractivity contribution in [1.82, 2.24) is 0 Å². The normalized spacial score (nSPS) is 10.0. The molecule has 0 aromatic rings. The third-order valence-corrected chi connectivity index (χ3v) is 1.90. The Kier molecular flexibility index (Phi) is 15.3. The first-order valence-electron chi connectivity index (χ1n) is 4.19. The zero-order valence-corrected chi connectivity index (χ0v) is 9.00. The van der Waals surface area contributed by atoms with Gasteiger partial charge in [-0.1, -0.05) is 39.8 Å². The topological polar surface area (TPSA) is 0 Å². The Labute approximate surface area is 75.8 Å². The van der Waals surface area contributed by atoms with E-state index in [-0.39, 0.29) is 0 Å². The maximum atomic E-state index is 3.62. The average molecular weight is 172 g/mol. The third-order valence-electron chi connectivity index (χ3n) is 0.905. The Hall–Kier alpha value is -0.170. The molecule has 0 radical (unpaired) electrons. The van der Waals surface area contributed by atoms with Gasteiger partial charge in [0.05, 0.1) is 0 Å². The Morgan fingerprint density at radius 2 is 1.82 bits per heavy atom. The van der Waals surface area contributed by atoms with Crippen molar-refractivity contribution in [2.45, 2.75) is 40.5 Å². The van der Waals surface area contributed by atoms with Crippen LogP contribution in [0.25, 0.3) is 0 Å². The second-order valence-corrected chi connectivity index (χ2v) is 3.19. The molecule has 0 nitrogen and oxygen atoms in total. The minimum absolute atomic E-state index is 1.12. The molecule has 0 rings (SSSR count). The molecule has 11 heavy (non-hydrogen) atoms. The first-order chi connectivity index (χ1) is 5.26. The van der Waals surface area contributed by atoms with Crippen LogP contribution in [-0.4, -0.2) is 0 Å². The van der Waals surface area contributed by atoms with Crippen LogP contribution in [0.5, 0.6) is 0 Å². The van der Waals surface area contributed by atoms with Gasteiger partial charge in [-0.15, -0.1) is 11.8 Å². The average Bonchev–Trinajstić information content (AvgIpc) is 2.02. The summed E-state index contributed by atoms with van der Waals surface area (Å²) in [5, 5.41) is 1.86. The summed E-state index contributed by atoms with van der Waals surface area (Å²) < 4.78 is 0. The first-order valence-corrected chi connectivity index (χ1v) is 5.07. The molecule has 0 bridgehead atoms. The molecule has 0 heterocycles. The van der Waals surface area contributed by atoms with E-state index in [2.05, 4.69) is 40.3 Å². The zero-order chi connectivity index (χ0) is 9.11. The van der Waals surface area contributed by atoms with Crippen molar-refractivity contribution in [2.75, 3.05) is 0 Å². The molecule has 0 unspecified atom stereocenters. The van der Waals surface area contributed by atoms with Crippen LogP contribution in [0.1, 0.15) is 40.5 Å². The van der Waals surface area contributed by atoms with Gasteiger partial charge in [-0.3, -0.25) is 0 Å². The van der Waals surface area contributed by atoms with E-state index >= 15 is 0 Å². The van der Waals surface area contributed by atoms with Crippen LogP contribution in [0.4, 0.5) is 0 Å². The van der Waals surface area contributed by atoms with E-state index in [1.807, 2.05) is 5.41 Å². The van der Waals surface area contributed by atoms with Crippen molar-refractivity contribution in [3.63, 3.8) is 0 Å². The highest BCUT2D eigenvalue weighted by atomic mass is 32.2. The van der Waals surface area contributed by atoms with E-state index < -0.39 is 0 Å². The van der Waals surface area contributed by atoms with E-state index in [0.717, 1.165) is 6.42 Å². The molecule has 1 heteroatoms. The molecule has 0 spiro atoms. The molecular formula is C10H20S. The maximum Gasteiger partial charge on any atom is -0.0154 e. The van der Waals surface area contributed by atoms with Crippen LogP contribution in [0, 0.1) is 0 Å². The fourth-order valence-corrected chi connectivity index (χ4v) is 0.979. The minimum Gasteiger partial charge on any atom is -0.104 e. The maximum absolute atomic E-state index is 3.62. The fraction of sp³-hybridized carbons (Fsp3) is 0.600. The van der Waals surface area contributed by atoms with Gasteiger partial charge in [0.25, 0.3) is 0 Å². The summed E-state index contributed by atoms with van der Waals surface area (Å²) in [5.41, 5.74) is 0. The molecule has 0 N–H and O–H groups in total. The van der Waals surface area contributed by atoms with E-state index in [9.17, 15) is 0 Å². The second kappa shape index (κ2) is 12.5. The summed E-state index contributed by atoms with van der Waals surface area (Å²) in [7, 11) is 0. The lowest BCUT2D eigenvalue weighted by atomic mass is 10.4. The molecule has 0 fully saturated rings.